The molecule has 0 aromatic heterocycles. The molecule has 3 rings (SSSR count). The molecule has 18 heavy (non-hydrogen) atoms. The third-order valence-corrected chi connectivity index (χ3v) is 4.01. The second kappa shape index (κ2) is 4.52. The number of halogens is 1. The van der Waals surface area contributed by atoms with Gasteiger partial charge < -0.3 is 15.2 Å². The smallest absolute Gasteiger partial charge is 0.189 e. The molecule has 98 valence electrons. The van der Waals surface area contributed by atoms with Crippen molar-refractivity contribution in [1.29, 1.82) is 0 Å². The first kappa shape index (κ1) is 11.9. The van der Waals surface area contributed by atoms with Crippen LogP contribution in [0.15, 0.2) is 12.1 Å². The summed E-state index contributed by atoms with van der Waals surface area (Å²) in [4.78, 5) is 0. The van der Waals surface area contributed by atoms with E-state index in [9.17, 15) is 4.39 Å². The van der Waals surface area contributed by atoms with Crippen LogP contribution in [-0.4, -0.2) is 6.79 Å². The van der Waals surface area contributed by atoms with Gasteiger partial charge in [-0.25, -0.2) is 4.39 Å². The van der Waals surface area contributed by atoms with Gasteiger partial charge in [0.1, 0.15) is 11.6 Å². The molecular formula is C14H18FNO2. The fourth-order valence-electron chi connectivity index (χ4n) is 3.10. The standard InChI is InChI=1S/C14H18FNO2/c15-11-4-5-12-10(8-17-9-18-12)13(11)14(16)6-2-1-3-7-14/h4-5H,1-3,6-9,16H2. The quantitative estimate of drug-likeness (QED) is 0.834. The average molecular weight is 251 g/mol. The number of hydrogen-bond acceptors (Lipinski definition) is 3. The number of rotatable bonds is 1. The van der Waals surface area contributed by atoms with Gasteiger partial charge in [0.05, 0.1) is 6.61 Å². The number of fused-ring (bicyclic) bond motifs is 1. The van der Waals surface area contributed by atoms with Gasteiger partial charge in [0.2, 0.25) is 0 Å². The molecule has 1 aromatic rings. The molecule has 4 heteroatoms. The van der Waals surface area contributed by atoms with Gasteiger partial charge in [-0.15, -0.1) is 0 Å². The minimum Gasteiger partial charge on any atom is -0.467 e. The van der Waals surface area contributed by atoms with Crippen molar-refractivity contribution in [2.24, 2.45) is 5.73 Å². The van der Waals surface area contributed by atoms with Gasteiger partial charge in [-0.2, -0.15) is 0 Å². The third-order valence-electron chi connectivity index (χ3n) is 4.01. The first-order valence-electron chi connectivity index (χ1n) is 6.52. The average Bonchev–Trinajstić information content (AvgIpc) is 2.39. The topological polar surface area (TPSA) is 44.5 Å². The molecule has 1 saturated carbocycles. The fraction of sp³-hybridized carbons (Fsp3) is 0.571. The highest BCUT2D eigenvalue weighted by Gasteiger charge is 2.36. The Kier molecular flexibility index (Phi) is 2.99. The molecule has 1 fully saturated rings. The number of benzene rings is 1. The van der Waals surface area contributed by atoms with E-state index in [0.29, 0.717) is 17.9 Å². The minimum absolute atomic E-state index is 0.229. The summed E-state index contributed by atoms with van der Waals surface area (Å²) >= 11 is 0. The molecule has 0 spiro atoms. The highest BCUT2D eigenvalue weighted by Crippen LogP contribution is 2.41. The van der Waals surface area contributed by atoms with Crippen molar-refractivity contribution in [1.82, 2.24) is 0 Å². The Hall–Kier alpha value is -1.13. The van der Waals surface area contributed by atoms with E-state index in [1.165, 1.54) is 12.5 Å². The number of nitrogens with two attached hydrogens (primary N) is 1. The van der Waals surface area contributed by atoms with E-state index in [4.69, 9.17) is 15.2 Å². The van der Waals surface area contributed by atoms with Crippen LogP contribution in [0.25, 0.3) is 0 Å². The van der Waals surface area contributed by atoms with Crippen molar-refractivity contribution in [3.63, 3.8) is 0 Å². The van der Waals surface area contributed by atoms with Gasteiger partial charge in [-0.05, 0) is 25.0 Å². The second-order valence-electron chi connectivity index (χ2n) is 5.23. The molecule has 0 bridgehead atoms. The fourth-order valence-corrected chi connectivity index (χ4v) is 3.10. The summed E-state index contributed by atoms with van der Waals surface area (Å²) in [5.74, 6) is 0.486. The van der Waals surface area contributed by atoms with Crippen LogP contribution >= 0.6 is 0 Å². The maximum absolute atomic E-state index is 14.2. The summed E-state index contributed by atoms with van der Waals surface area (Å²) in [5.41, 5.74) is 7.30. The second-order valence-corrected chi connectivity index (χ2v) is 5.23. The normalized spacial score (nSPS) is 22.1. The lowest BCUT2D eigenvalue weighted by Gasteiger charge is -2.36. The van der Waals surface area contributed by atoms with Crippen molar-refractivity contribution in [2.45, 2.75) is 44.2 Å². The number of ether oxygens (including phenoxy) is 2. The summed E-state index contributed by atoms with van der Waals surface area (Å²) in [6.07, 6.45) is 4.96. The van der Waals surface area contributed by atoms with Gasteiger partial charge >= 0.3 is 0 Å². The maximum Gasteiger partial charge on any atom is 0.189 e. The summed E-state index contributed by atoms with van der Waals surface area (Å²) in [5, 5.41) is 0. The molecule has 1 aromatic carbocycles. The minimum atomic E-state index is -0.558. The SMILES string of the molecule is NC1(c2c(F)ccc3c2COCO3)CCCCC1. The van der Waals surface area contributed by atoms with E-state index >= 15 is 0 Å². The van der Waals surface area contributed by atoms with Gasteiger partial charge in [0.15, 0.2) is 6.79 Å². The molecular weight excluding hydrogens is 233 g/mol. The Bertz CT molecular complexity index is 455. The van der Waals surface area contributed by atoms with Gasteiger partial charge in [0.25, 0.3) is 0 Å². The third kappa shape index (κ3) is 1.89. The Morgan fingerprint density at radius 2 is 1.94 bits per heavy atom. The molecule has 3 nitrogen and oxygen atoms in total. The van der Waals surface area contributed by atoms with Crippen molar-refractivity contribution in [2.75, 3.05) is 6.79 Å². The molecule has 0 unspecified atom stereocenters. The van der Waals surface area contributed by atoms with Crippen LogP contribution in [0, 0.1) is 5.82 Å². The van der Waals surface area contributed by atoms with E-state index in [-0.39, 0.29) is 12.6 Å². The molecule has 0 saturated heterocycles. The predicted octanol–water partition coefficient (Wildman–Crippen LogP) is 2.81. The highest BCUT2D eigenvalue weighted by atomic mass is 19.1. The van der Waals surface area contributed by atoms with Crippen LogP contribution in [0.4, 0.5) is 4.39 Å². The molecule has 0 atom stereocenters. The monoisotopic (exact) mass is 251 g/mol. The molecule has 2 N–H and O–H groups in total. The van der Waals surface area contributed by atoms with Gasteiger partial charge in [0, 0.05) is 16.7 Å². The molecule has 1 aliphatic heterocycles. The van der Waals surface area contributed by atoms with Crippen LogP contribution in [0.2, 0.25) is 0 Å². The van der Waals surface area contributed by atoms with Crippen LogP contribution in [0.5, 0.6) is 5.75 Å². The van der Waals surface area contributed by atoms with Crippen LogP contribution in [0.3, 0.4) is 0 Å². The Morgan fingerprint density at radius 1 is 1.17 bits per heavy atom. The number of hydrogen-bond donors (Lipinski definition) is 1. The van der Waals surface area contributed by atoms with Crippen LogP contribution in [0.1, 0.15) is 43.2 Å². The molecule has 0 amide bonds. The van der Waals surface area contributed by atoms with Crippen LogP contribution < -0.4 is 10.5 Å². The van der Waals surface area contributed by atoms with Gasteiger partial charge in [-0.1, -0.05) is 19.3 Å². The summed E-state index contributed by atoms with van der Waals surface area (Å²) in [6, 6.07) is 3.13. The van der Waals surface area contributed by atoms with E-state index < -0.39 is 5.54 Å². The largest absolute Gasteiger partial charge is 0.467 e. The molecule has 1 heterocycles. The molecule has 2 aliphatic rings. The van der Waals surface area contributed by atoms with Crippen molar-refractivity contribution >= 4 is 0 Å². The van der Waals surface area contributed by atoms with Crippen molar-refractivity contribution in [3.8, 4) is 5.75 Å². The highest BCUT2D eigenvalue weighted by molar-refractivity contribution is 5.45. The van der Waals surface area contributed by atoms with E-state index in [1.54, 1.807) is 6.07 Å². The lowest BCUT2D eigenvalue weighted by molar-refractivity contribution is -0.0179. The maximum atomic E-state index is 14.2. The lowest BCUT2D eigenvalue weighted by Crippen LogP contribution is -2.41. The summed E-state index contributed by atoms with van der Waals surface area (Å²) < 4.78 is 24.9. The molecule has 1 aliphatic carbocycles. The van der Waals surface area contributed by atoms with E-state index in [1.807, 2.05) is 0 Å². The zero-order valence-electron chi connectivity index (χ0n) is 10.4. The first-order valence-corrected chi connectivity index (χ1v) is 6.52. The van der Waals surface area contributed by atoms with Crippen molar-refractivity contribution in [3.05, 3.63) is 29.1 Å². The zero-order valence-corrected chi connectivity index (χ0v) is 10.4. The summed E-state index contributed by atoms with van der Waals surface area (Å²) in [7, 11) is 0. The predicted molar refractivity (Wildman–Crippen MR) is 65.6 cm³/mol. The Balaban J connectivity index is 2.09. The first-order chi connectivity index (χ1) is 8.71. The van der Waals surface area contributed by atoms with Crippen LogP contribution in [-0.2, 0) is 16.9 Å². The van der Waals surface area contributed by atoms with E-state index in [0.717, 1.165) is 31.2 Å². The van der Waals surface area contributed by atoms with E-state index in [2.05, 4.69) is 0 Å². The molecule has 0 radical (unpaired) electrons. The Labute approximate surface area is 106 Å². The zero-order chi connectivity index (χ0) is 12.6. The lowest BCUT2D eigenvalue weighted by atomic mass is 9.75. The van der Waals surface area contributed by atoms with Gasteiger partial charge in [-0.3, -0.25) is 0 Å². The summed E-state index contributed by atoms with van der Waals surface area (Å²) in [6.45, 7) is 0.622. The van der Waals surface area contributed by atoms with Crippen molar-refractivity contribution < 1.29 is 13.9 Å². The Morgan fingerprint density at radius 3 is 2.72 bits per heavy atom.